The van der Waals surface area contributed by atoms with Gasteiger partial charge in [-0.15, -0.1) is 0 Å². The average Bonchev–Trinajstić information content (AvgIpc) is 3.28. The zero-order chi connectivity index (χ0) is 18.6. The van der Waals surface area contributed by atoms with Crippen LogP contribution < -0.4 is 4.90 Å². The topological polar surface area (TPSA) is 43.9 Å². The Hall–Kier alpha value is -1.88. The van der Waals surface area contributed by atoms with Crippen molar-refractivity contribution in [3.05, 3.63) is 29.8 Å². The van der Waals surface area contributed by atoms with Gasteiger partial charge in [0.15, 0.2) is 0 Å². The molecule has 4 rings (SSSR count). The molecule has 5 nitrogen and oxygen atoms in total. The fraction of sp³-hybridized carbons (Fsp3) is 0.636. The number of anilines is 1. The lowest BCUT2D eigenvalue weighted by molar-refractivity contribution is -0.138. The number of piperazine rings is 1. The lowest BCUT2D eigenvalue weighted by atomic mass is 9.94. The van der Waals surface area contributed by atoms with Crippen molar-refractivity contribution in [2.24, 2.45) is 5.92 Å². The Balaban J connectivity index is 1.25. The van der Waals surface area contributed by atoms with E-state index in [4.69, 9.17) is 0 Å². The van der Waals surface area contributed by atoms with E-state index in [-0.39, 0.29) is 5.92 Å². The van der Waals surface area contributed by atoms with Gasteiger partial charge in [-0.1, -0.05) is 12.8 Å². The number of aldehydes is 1. The van der Waals surface area contributed by atoms with Gasteiger partial charge >= 0.3 is 0 Å². The molecule has 5 heteroatoms. The summed E-state index contributed by atoms with van der Waals surface area (Å²) in [6.07, 6.45) is 8.18. The lowest BCUT2D eigenvalue weighted by Crippen LogP contribution is -2.53. The van der Waals surface area contributed by atoms with Gasteiger partial charge in [-0.3, -0.25) is 14.5 Å². The van der Waals surface area contributed by atoms with Gasteiger partial charge in [0.25, 0.3) is 0 Å². The summed E-state index contributed by atoms with van der Waals surface area (Å²) >= 11 is 0. The second-order valence-electron chi connectivity index (χ2n) is 8.27. The standard InChI is InChI=1S/C22H31N3O2/c26-17-18-5-7-21(8-6-18)23-11-9-19(10-12-23)22(27)25-15-13-24(14-16-25)20-3-1-2-4-20/h5-8,17,19-20H,1-4,9-16H2. The number of nitrogens with zero attached hydrogens (tertiary/aromatic N) is 3. The van der Waals surface area contributed by atoms with Crippen LogP contribution in [-0.2, 0) is 4.79 Å². The van der Waals surface area contributed by atoms with Crippen molar-refractivity contribution in [2.45, 2.75) is 44.6 Å². The van der Waals surface area contributed by atoms with E-state index >= 15 is 0 Å². The zero-order valence-electron chi connectivity index (χ0n) is 16.2. The molecule has 0 bridgehead atoms. The van der Waals surface area contributed by atoms with E-state index in [2.05, 4.69) is 14.7 Å². The molecular formula is C22H31N3O2. The van der Waals surface area contributed by atoms with Crippen molar-refractivity contribution >= 4 is 17.9 Å². The maximum atomic E-state index is 13.0. The largest absolute Gasteiger partial charge is 0.371 e. The maximum Gasteiger partial charge on any atom is 0.225 e. The van der Waals surface area contributed by atoms with Crippen LogP contribution in [0.2, 0.25) is 0 Å². The third-order valence-electron chi connectivity index (χ3n) is 6.71. The molecular weight excluding hydrogens is 338 g/mol. The lowest BCUT2D eigenvalue weighted by Gasteiger charge is -2.40. The molecule has 1 saturated carbocycles. The van der Waals surface area contributed by atoms with Gasteiger partial charge in [0.05, 0.1) is 0 Å². The summed E-state index contributed by atoms with van der Waals surface area (Å²) in [7, 11) is 0. The molecule has 0 aromatic heterocycles. The number of rotatable bonds is 4. The van der Waals surface area contributed by atoms with E-state index in [1.165, 1.54) is 25.7 Å². The first-order valence-corrected chi connectivity index (χ1v) is 10.6. The fourth-order valence-corrected chi connectivity index (χ4v) is 4.98. The molecule has 1 aliphatic carbocycles. The Morgan fingerprint density at radius 2 is 1.48 bits per heavy atom. The van der Waals surface area contributed by atoms with Crippen molar-refractivity contribution in [3.8, 4) is 0 Å². The Bertz CT molecular complexity index is 638. The maximum absolute atomic E-state index is 13.0. The van der Waals surface area contributed by atoms with Crippen LogP contribution in [-0.4, -0.2) is 67.3 Å². The van der Waals surface area contributed by atoms with Crippen LogP contribution in [0, 0.1) is 5.92 Å². The number of amides is 1. The van der Waals surface area contributed by atoms with Crippen molar-refractivity contribution in [1.82, 2.24) is 9.80 Å². The van der Waals surface area contributed by atoms with E-state index in [0.29, 0.717) is 11.5 Å². The molecule has 0 unspecified atom stereocenters. The SMILES string of the molecule is O=Cc1ccc(N2CCC(C(=O)N3CCN(C4CCCC4)CC3)CC2)cc1. The normalized spacial score (nSPS) is 23.0. The van der Waals surface area contributed by atoms with E-state index in [0.717, 1.165) is 70.1 Å². The van der Waals surface area contributed by atoms with Crippen LogP contribution in [0.15, 0.2) is 24.3 Å². The molecule has 3 aliphatic rings. The minimum absolute atomic E-state index is 0.175. The highest BCUT2D eigenvalue weighted by molar-refractivity contribution is 5.79. The third-order valence-corrected chi connectivity index (χ3v) is 6.71. The molecule has 0 atom stereocenters. The van der Waals surface area contributed by atoms with Gasteiger partial charge in [-0.25, -0.2) is 0 Å². The minimum atomic E-state index is 0.175. The highest BCUT2D eigenvalue weighted by Gasteiger charge is 2.32. The van der Waals surface area contributed by atoms with Crippen LogP contribution in [0.4, 0.5) is 5.69 Å². The molecule has 2 heterocycles. The molecule has 0 spiro atoms. The first kappa shape index (κ1) is 18.5. The molecule has 2 aliphatic heterocycles. The molecule has 0 radical (unpaired) electrons. The Labute approximate surface area is 162 Å². The number of benzene rings is 1. The van der Waals surface area contributed by atoms with E-state index < -0.39 is 0 Å². The Morgan fingerprint density at radius 1 is 0.852 bits per heavy atom. The van der Waals surface area contributed by atoms with E-state index in [1.807, 2.05) is 24.3 Å². The molecule has 0 N–H and O–H groups in total. The minimum Gasteiger partial charge on any atom is -0.371 e. The van der Waals surface area contributed by atoms with Crippen molar-refractivity contribution in [2.75, 3.05) is 44.2 Å². The smallest absolute Gasteiger partial charge is 0.225 e. The van der Waals surface area contributed by atoms with Gasteiger partial charge in [0, 0.05) is 62.5 Å². The second-order valence-corrected chi connectivity index (χ2v) is 8.27. The highest BCUT2D eigenvalue weighted by atomic mass is 16.2. The van der Waals surface area contributed by atoms with E-state index in [9.17, 15) is 9.59 Å². The van der Waals surface area contributed by atoms with Crippen LogP contribution in [0.5, 0.6) is 0 Å². The van der Waals surface area contributed by atoms with Crippen molar-refractivity contribution in [3.63, 3.8) is 0 Å². The molecule has 1 amide bonds. The van der Waals surface area contributed by atoms with Gasteiger partial charge in [0.2, 0.25) is 5.91 Å². The van der Waals surface area contributed by atoms with E-state index in [1.54, 1.807) is 0 Å². The van der Waals surface area contributed by atoms with Crippen LogP contribution in [0.25, 0.3) is 0 Å². The van der Waals surface area contributed by atoms with Crippen LogP contribution in [0.1, 0.15) is 48.9 Å². The average molecular weight is 370 g/mol. The summed E-state index contributed by atoms with van der Waals surface area (Å²) in [4.78, 5) is 30.8. The Morgan fingerprint density at radius 3 is 2.07 bits per heavy atom. The summed E-state index contributed by atoms with van der Waals surface area (Å²) in [6.45, 7) is 5.75. The quantitative estimate of drug-likeness (QED) is 0.766. The monoisotopic (exact) mass is 369 g/mol. The second kappa shape index (κ2) is 8.42. The summed E-state index contributed by atoms with van der Waals surface area (Å²) < 4.78 is 0. The summed E-state index contributed by atoms with van der Waals surface area (Å²) in [5.41, 5.74) is 1.86. The number of piperidine rings is 1. The molecule has 146 valence electrons. The molecule has 2 saturated heterocycles. The summed E-state index contributed by atoms with van der Waals surface area (Å²) in [5, 5.41) is 0. The number of carbonyl (C=O) groups is 2. The summed E-state index contributed by atoms with van der Waals surface area (Å²) in [6, 6.07) is 8.52. The van der Waals surface area contributed by atoms with Crippen molar-refractivity contribution in [1.29, 1.82) is 0 Å². The molecule has 1 aromatic carbocycles. The predicted octanol–water partition coefficient (Wildman–Crippen LogP) is 2.80. The number of hydrogen-bond donors (Lipinski definition) is 0. The fourth-order valence-electron chi connectivity index (χ4n) is 4.98. The Kier molecular flexibility index (Phi) is 5.77. The highest BCUT2D eigenvalue weighted by Crippen LogP contribution is 2.27. The first-order valence-electron chi connectivity index (χ1n) is 10.6. The van der Waals surface area contributed by atoms with Gasteiger partial charge in [0.1, 0.15) is 6.29 Å². The number of hydrogen-bond acceptors (Lipinski definition) is 4. The van der Waals surface area contributed by atoms with Crippen LogP contribution >= 0.6 is 0 Å². The van der Waals surface area contributed by atoms with Gasteiger partial charge < -0.3 is 9.80 Å². The van der Waals surface area contributed by atoms with Crippen LogP contribution in [0.3, 0.4) is 0 Å². The zero-order valence-corrected chi connectivity index (χ0v) is 16.2. The molecule has 3 fully saturated rings. The summed E-state index contributed by atoms with van der Waals surface area (Å²) in [5.74, 6) is 0.547. The first-order chi connectivity index (χ1) is 13.2. The third kappa shape index (κ3) is 4.18. The van der Waals surface area contributed by atoms with Gasteiger partial charge in [-0.2, -0.15) is 0 Å². The molecule has 1 aromatic rings. The van der Waals surface area contributed by atoms with Crippen molar-refractivity contribution < 1.29 is 9.59 Å². The van der Waals surface area contributed by atoms with Gasteiger partial charge in [-0.05, 0) is 49.9 Å². The predicted molar refractivity (Wildman–Crippen MR) is 107 cm³/mol. The number of carbonyl (C=O) groups excluding carboxylic acids is 2. The molecule has 27 heavy (non-hydrogen) atoms.